The topological polar surface area (TPSA) is 88.2 Å². The predicted molar refractivity (Wildman–Crippen MR) is 90.2 cm³/mol. The van der Waals surface area contributed by atoms with E-state index in [-0.39, 0.29) is 50.1 Å². The quantitative estimate of drug-likeness (QED) is 0.557. The normalized spacial score (nSPS) is 13.4. The van der Waals surface area contributed by atoms with Crippen LogP contribution in [0, 0.1) is 50.0 Å². The second-order valence-corrected chi connectivity index (χ2v) is 8.11. The molecule has 1 atom stereocenters. The number of alkyl carbamates (subject to hydrolysis) is 1. The molecule has 0 aliphatic rings. The number of carbonyl (C=O) groups is 1. The van der Waals surface area contributed by atoms with Gasteiger partial charge in [-0.05, 0) is 39.5 Å². The summed E-state index contributed by atoms with van der Waals surface area (Å²) in [4.78, 5) is 12.0. The molecular weight excluding hydrogens is 521 g/mol. The van der Waals surface area contributed by atoms with Gasteiger partial charge in [-0.1, -0.05) is 32.9 Å². The minimum absolute atomic E-state index is 0. The van der Waals surface area contributed by atoms with E-state index in [9.17, 15) is 4.79 Å². The van der Waals surface area contributed by atoms with Gasteiger partial charge in [-0.25, -0.2) is 4.79 Å². The number of nitrogens with one attached hydrogen (secondary N) is 2. The van der Waals surface area contributed by atoms with Crippen LogP contribution in [0.25, 0.3) is 5.73 Å². The van der Waals surface area contributed by atoms with Crippen LogP contribution < -0.4 is 5.32 Å². The zero-order valence-electron chi connectivity index (χ0n) is 15.9. The molecule has 0 saturated carbocycles. The van der Waals surface area contributed by atoms with Gasteiger partial charge in [0.05, 0.1) is 6.04 Å². The SMILES string of the molecule is CC(C)CC(NC(=O)OC(C)(C)C)c1cc(CC(C)(C)[NH-])on1.[Ac]. The molecule has 1 aromatic rings. The van der Waals surface area contributed by atoms with Gasteiger partial charge in [0, 0.05) is 50.1 Å². The van der Waals surface area contributed by atoms with Gasteiger partial charge < -0.3 is 20.3 Å². The molecule has 0 aromatic carbocycles. The molecule has 24 heavy (non-hydrogen) atoms. The Morgan fingerprint density at radius 1 is 1.33 bits per heavy atom. The maximum atomic E-state index is 12.0. The average molecular weight is 551 g/mol. The van der Waals surface area contributed by atoms with E-state index in [1.807, 2.05) is 40.7 Å². The molecule has 0 saturated heterocycles. The smallest absolute Gasteiger partial charge is 0.408 e. The van der Waals surface area contributed by atoms with Crippen LogP contribution in [-0.2, 0) is 11.2 Å². The van der Waals surface area contributed by atoms with Gasteiger partial charge in [0.15, 0.2) is 0 Å². The third-order valence-corrected chi connectivity index (χ3v) is 2.95. The van der Waals surface area contributed by atoms with Crippen molar-refractivity contribution in [1.29, 1.82) is 0 Å². The third-order valence-electron chi connectivity index (χ3n) is 2.95. The Hall–Kier alpha value is -0.118. The molecule has 1 amide bonds. The number of hydrogen-bond acceptors (Lipinski definition) is 4. The molecule has 7 heteroatoms. The van der Waals surface area contributed by atoms with E-state index in [0.29, 0.717) is 23.8 Å². The van der Waals surface area contributed by atoms with Crippen LogP contribution in [0.3, 0.4) is 0 Å². The first-order valence-corrected chi connectivity index (χ1v) is 8.06. The van der Waals surface area contributed by atoms with Crippen LogP contribution in [0.4, 0.5) is 4.79 Å². The molecule has 0 fully saturated rings. The maximum absolute atomic E-state index is 12.0. The molecule has 2 N–H and O–H groups in total. The van der Waals surface area contributed by atoms with Crippen molar-refractivity contribution in [1.82, 2.24) is 10.5 Å². The van der Waals surface area contributed by atoms with Crippen LogP contribution in [0.2, 0.25) is 0 Å². The standard InChI is InChI=1S/C17H30N3O3.Ac/c1-11(2)8-13(19-15(21)22-16(3,4)5)14-9-12(23-20-14)10-17(6,7)18;/h9,11,13,18H,8,10H2,1-7H3,(H,19,21);/q-1;. The van der Waals surface area contributed by atoms with Crippen molar-refractivity contribution in [2.75, 3.05) is 0 Å². The fourth-order valence-electron chi connectivity index (χ4n) is 2.19. The summed E-state index contributed by atoms with van der Waals surface area (Å²) in [5.74, 6) is 1.03. The number of nitrogens with zero attached hydrogens (tertiary/aromatic N) is 1. The van der Waals surface area contributed by atoms with E-state index >= 15 is 0 Å². The number of ether oxygens (including phenoxy) is 1. The molecule has 0 aliphatic carbocycles. The van der Waals surface area contributed by atoms with E-state index in [2.05, 4.69) is 24.3 Å². The number of aromatic nitrogens is 1. The van der Waals surface area contributed by atoms with Gasteiger partial charge in [-0.2, -0.15) is 0 Å². The molecular formula is C17H30AcN3O3-. The monoisotopic (exact) mass is 551 g/mol. The van der Waals surface area contributed by atoms with Crippen molar-refractivity contribution in [3.8, 4) is 0 Å². The molecule has 1 aromatic heterocycles. The van der Waals surface area contributed by atoms with Crippen LogP contribution in [-0.4, -0.2) is 22.4 Å². The van der Waals surface area contributed by atoms with Crippen molar-refractivity contribution in [2.45, 2.75) is 78.5 Å². The molecule has 1 rings (SSSR count). The molecule has 6 nitrogen and oxygen atoms in total. The molecule has 1 heterocycles. The Kier molecular flexibility index (Phi) is 9.50. The molecule has 0 aliphatic heterocycles. The van der Waals surface area contributed by atoms with Gasteiger partial charge in [0.25, 0.3) is 0 Å². The number of hydrogen-bond donors (Lipinski definition) is 1. The second-order valence-electron chi connectivity index (χ2n) is 8.11. The minimum atomic E-state index is -0.622. The zero-order valence-corrected chi connectivity index (χ0v) is 20.6. The summed E-state index contributed by atoms with van der Waals surface area (Å²) in [5, 5.41) is 6.94. The fourth-order valence-corrected chi connectivity index (χ4v) is 2.19. The van der Waals surface area contributed by atoms with E-state index in [0.717, 1.165) is 6.42 Å². The largest absolute Gasteiger partial charge is 0.672 e. The average Bonchev–Trinajstić information content (AvgIpc) is 2.70. The van der Waals surface area contributed by atoms with Crippen LogP contribution in [0.15, 0.2) is 10.6 Å². The number of amides is 1. The van der Waals surface area contributed by atoms with Gasteiger partial charge in [-0.3, -0.25) is 0 Å². The van der Waals surface area contributed by atoms with Crippen LogP contribution >= 0.6 is 0 Å². The maximum Gasteiger partial charge on any atom is 0.408 e. The molecule has 0 bridgehead atoms. The van der Waals surface area contributed by atoms with E-state index < -0.39 is 17.2 Å². The van der Waals surface area contributed by atoms with E-state index in [1.54, 1.807) is 0 Å². The Bertz CT molecular complexity index is 516. The minimum Gasteiger partial charge on any atom is -0.672 e. The fraction of sp³-hybridized carbons (Fsp3) is 0.765. The third kappa shape index (κ3) is 10.0. The second kappa shape index (κ2) is 9.54. The number of carbonyl (C=O) groups excluding carboxylic acids is 1. The first-order valence-electron chi connectivity index (χ1n) is 8.06. The zero-order chi connectivity index (χ0) is 17.8. The summed E-state index contributed by atoms with van der Waals surface area (Å²) in [6.07, 6.45) is 0.740. The van der Waals surface area contributed by atoms with E-state index in [4.69, 9.17) is 15.0 Å². The number of rotatable bonds is 6. The van der Waals surface area contributed by atoms with Crippen LogP contribution in [0.5, 0.6) is 0 Å². The van der Waals surface area contributed by atoms with Crippen molar-refractivity contribution in [3.63, 3.8) is 0 Å². The summed E-state index contributed by atoms with van der Waals surface area (Å²) < 4.78 is 10.6. The predicted octanol–water partition coefficient (Wildman–Crippen LogP) is 4.66. The van der Waals surface area contributed by atoms with Gasteiger partial charge in [0.2, 0.25) is 0 Å². The molecule has 1 unspecified atom stereocenters. The Balaban J connectivity index is 0.00000529. The van der Waals surface area contributed by atoms with Crippen molar-refractivity contribution in [2.24, 2.45) is 5.92 Å². The molecule has 135 valence electrons. The van der Waals surface area contributed by atoms with Crippen molar-refractivity contribution >= 4 is 6.09 Å². The van der Waals surface area contributed by atoms with Crippen molar-refractivity contribution < 1.29 is 58.1 Å². The van der Waals surface area contributed by atoms with Gasteiger partial charge in [-0.15, -0.1) is 5.54 Å². The Labute approximate surface area is 181 Å². The molecule has 1 radical (unpaired) electrons. The Morgan fingerprint density at radius 3 is 2.38 bits per heavy atom. The van der Waals surface area contributed by atoms with Crippen molar-refractivity contribution in [3.05, 3.63) is 23.3 Å². The summed E-state index contributed by atoms with van der Waals surface area (Å²) in [6, 6.07) is 1.55. The summed E-state index contributed by atoms with van der Waals surface area (Å²) in [7, 11) is 0. The first-order chi connectivity index (χ1) is 10.4. The summed E-state index contributed by atoms with van der Waals surface area (Å²) in [5.41, 5.74) is 7.44. The summed E-state index contributed by atoms with van der Waals surface area (Å²) in [6.45, 7) is 13.3. The first kappa shape index (κ1) is 23.9. The van der Waals surface area contributed by atoms with Crippen LogP contribution in [0.1, 0.15) is 72.4 Å². The van der Waals surface area contributed by atoms with E-state index in [1.165, 1.54) is 0 Å². The Morgan fingerprint density at radius 2 is 1.92 bits per heavy atom. The molecule has 0 spiro atoms. The summed E-state index contributed by atoms with van der Waals surface area (Å²) >= 11 is 0. The van der Waals surface area contributed by atoms with Gasteiger partial charge >= 0.3 is 6.09 Å². The van der Waals surface area contributed by atoms with Gasteiger partial charge in [0.1, 0.15) is 17.1 Å².